The Morgan fingerprint density at radius 2 is 1.91 bits per heavy atom. The Hall–Kier alpha value is -3.45. The fourth-order valence-corrected chi connectivity index (χ4v) is 7.06. The van der Waals surface area contributed by atoms with Gasteiger partial charge in [0.1, 0.15) is 30.3 Å². The summed E-state index contributed by atoms with van der Waals surface area (Å²) in [5.74, 6) is 1.28. The number of sulfone groups is 1. The van der Waals surface area contributed by atoms with Crippen molar-refractivity contribution in [3.05, 3.63) is 93.2 Å². The van der Waals surface area contributed by atoms with Crippen molar-refractivity contribution in [2.75, 3.05) is 30.0 Å². The molecule has 44 heavy (non-hydrogen) atoms. The number of hydrogen-bond acceptors (Lipinski definition) is 9. The Kier molecular flexibility index (Phi) is 10.9. The Morgan fingerprint density at radius 3 is 2.73 bits per heavy atom. The molecule has 3 aromatic carbocycles. The number of ether oxygens (including phenoxy) is 2. The Balaban J connectivity index is 1.20. The molecule has 230 valence electrons. The van der Waals surface area contributed by atoms with E-state index >= 15 is 0 Å². The second kappa shape index (κ2) is 15.0. The first-order valence-electron chi connectivity index (χ1n) is 14.2. The largest absolute Gasteiger partial charge is 0.488 e. The van der Waals surface area contributed by atoms with E-state index in [0.717, 1.165) is 55.7 Å². The van der Waals surface area contributed by atoms with Gasteiger partial charge < -0.3 is 14.8 Å². The maximum Gasteiger partial charge on any atom is 0.152 e. The molecule has 0 amide bonds. The number of fused-ring (bicyclic) bond motifs is 1. The summed E-state index contributed by atoms with van der Waals surface area (Å²) in [5, 5.41) is 7.27. The molecule has 8 nitrogen and oxygen atoms in total. The third kappa shape index (κ3) is 8.81. The Morgan fingerprint density at radius 1 is 1.02 bits per heavy atom. The van der Waals surface area contributed by atoms with Gasteiger partial charge in [-0.05, 0) is 76.8 Å². The summed E-state index contributed by atoms with van der Waals surface area (Å²) in [7, 11) is -3.02. The number of thiazole rings is 1. The van der Waals surface area contributed by atoms with E-state index in [4.69, 9.17) is 14.5 Å². The minimum atomic E-state index is -3.02. The van der Waals surface area contributed by atoms with Crippen molar-refractivity contribution < 1.29 is 22.3 Å². The molecule has 2 aromatic heterocycles. The highest BCUT2D eigenvalue weighted by atomic mass is 79.9. The van der Waals surface area contributed by atoms with Crippen LogP contribution in [0.1, 0.15) is 30.3 Å². The van der Waals surface area contributed by atoms with E-state index in [2.05, 4.69) is 31.2 Å². The predicted molar refractivity (Wildman–Crippen MR) is 177 cm³/mol. The molecule has 0 radical (unpaired) electrons. The van der Waals surface area contributed by atoms with Crippen LogP contribution < -0.4 is 10.1 Å². The normalized spacial score (nSPS) is 11.6. The van der Waals surface area contributed by atoms with Crippen LogP contribution in [0.3, 0.4) is 0 Å². The molecule has 5 rings (SSSR count). The average molecular weight is 700 g/mol. The van der Waals surface area contributed by atoms with E-state index in [-0.39, 0.29) is 30.5 Å². The molecule has 0 aliphatic heterocycles. The molecule has 0 bridgehead atoms. The van der Waals surface area contributed by atoms with Crippen LogP contribution in [0.4, 0.5) is 15.9 Å². The summed E-state index contributed by atoms with van der Waals surface area (Å²) in [5.41, 5.74) is 4.18. The first-order chi connectivity index (χ1) is 21.3. The fraction of sp³-hybridized carbons (Fsp3) is 0.281. The average Bonchev–Trinajstić information content (AvgIpc) is 3.47. The highest BCUT2D eigenvalue weighted by Crippen LogP contribution is 2.33. The summed E-state index contributed by atoms with van der Waals surface area (Å²) < 4.78 is 49.3. The number of aromatic nitrogens is 3. The molecule has 2 heterocycles. The third-order valence-corrected chi connectivity index (χ3v) is 10.0. The molecular weight excluding hydrogens is 667 g/mol. The van der Waals surface area contributed by atoms with Gasteiger partial charge in [-0.2, -0.15) is 0 Å². The molecule has 0 atom stereocenters. The van der Waals surface area contributed by atoms with E-state index in [9.17, 15) is 12.8 Å². The number of rotatable bonds is 15. The lowest BCUT2D eigenvalue weighted by molar-refractivity contribution is 0.146. The lowest BCUT2D eigenvalue weighted by Crippen LogP contribution is -2.15. The Labute approximate surface area is 268 Å². The van der Waals surface area contributed by atoms with Gasteiger partial charge in [-0.15, -0.1) is 11.3 Å². The van der Waals surface area contributed by atoms with Crippen LogP contribution in [-0.4, -0.2) is 48.1 Å². The summed E-state index contributed by atoms with van der Waals surface area (Å²) in [6, 6.07) is 18.0. The smallest absolute Gasteiger partial charge is 0.152 e. The van der Waals surface area contributed by atoms with Crippen molar-refractivity contribution in [3.63, 3.8) is 0 Å². The van der Waals surface area contributed by atoms with Gasteiger partial charge >= 0.3 is 0 Å². The lowest BCUT2D eigenvalue weighted by Gasteiger charge is -2.12. The summed E-state index contributed by atoms with van der Waals surface area (Å²) >= 11 is 5.17. The van der Waals surface area contributed by atoms with E-state index in [0.29, 0.717) is 24.6 Å². The van der Waals surface area contributed by atoms with E-state index < -0.39 is 9.84 Å². The number of aryl methyl sites for hydroxylation is 1. The van der Waals surface area contributed by atoms with Crippen LogP contribution in [0.25, 0.3) is 22.2 Å². The molecule has 0 saturated carbocycles. The van der Waals surface area contributed by atoms with E-state index in [1.54, 1.807) is 17.4 Å². The van der Waals surface area contributed by atoms with Gasteiger partial charge in [-0.25, -0.2) is 27.8 Å². The van der Waals surface area contributed by atoms with Crippen LogP contribution >= 0.6 is 27.3 Å². The van der Waals surface area contributed by atoms with Crippen LogP contribution in [0.5, 0.6) is 5.75 Å². The van der Waals surface area contributed by atoms with Crippen molar-refractivity contribution >= 4 is 59.5 Å². The molecule has 0 aliphatic rings. The number of benzene rings is 3. The molecule has 0 fully saturated rings. The SMILES string of the molecule is CCCS(=O)(=O)CCOCCCc1nc(-c2ccc3ncnc(Nc4ccc(OCc5cccc(F)c5)c(Br)c4)c3c2)cs1. The van der Waals surface area contributed by atoms with E-state index in [1.165, 1.54) is 18.5 Å². The first-order valence-corrected chi connectivity index (χ1v) is 17.7. The molecular formula is C32H32BrFN4O4S2. The number of halogens is 2. The molecule has 0 spiro atoms. The molecule has 12 heteroatoms. The van der Waals surface area contributed by atoms with Gasteiger partial charge in [0.25, 0.3) is 0 Å². The van der Waals surface area contributed by atoms with Gasteiger partial charge in [0.2, 0.25) is 0 Å². The molecule has 5 aromatic rings. The van der Waals surface area contributed by atoms with Gasteiger partial charge in [-0.1, -0.05) is 25.1 Å². The monoisotopic (exact) mass is 698 g/mol. The Bertz CT molecular complexity index is 1830. The summed E-state index contributed by atoms with van der Waals surface area (Å²) in [4.78, 5) is 13.7. The van der Waals surface area contributed by atoms with Crippen LogP contribution in [0.15, 0.2) is 76.8 Å². The number of nitrogens with zero attached hydrogens (tertiary/aromatic N) is 3. The van der Waals surface area contributed by atoms with Crippen LogP contribution in [-0.2, 0) is 27.6 Å². The topological polar surface area (TPSA) is 103 Å². The number of nitrogens with one attached hydrogen (secondary N) is 1. The molecule has 0 unspecified atom stereocenters. The molecule has 0 saturated heterocycles. The quantitative estimate of drug-likeness (QED) is 0.111. The van der Waals surface area contributed by atoms with Gasteiger partial charge in [0.05, 0.1) is 33.1 Å². The first kappa shape index (κ1) is 32.0. The third-order valence-electron chi connectivity index (χ3n) is 6.69. The van der Waals surface area contributed by atoms with Gasteiger partial charge in [0, 0.05) is 40.8 Å². The molecule has 0 aliphatic carbocycles. The van der Waals surface area contributed by atoms with Gasteiger partial charge in [-0.3, -0.25) is 0 Å². The van der Waals surface area contributed by atoms with Crippen molar-refractivity contribution in [2.45, 2.75) is 32.8 Å². The zero-order valence-electron chi connectivity index (χ0n) is 24.1. The minimum Gasteiger partial charge on any atom is -0.488 e. The summed E-state index contributed by atoms with van der Waals surface area (Å²) in [6.45, 7) is 2.83. The van der Waals surface area contributed by atoms with Crippen LogP contribution in [0, 0.1) is 5.82 Å². The highest BCUT2D eigenvalue weighted by Gasteiger charge is 2.12. The van der Waals surface area contributed by atoms with Crippen molar-refractivity contribution in [1.82, 2.24) is 15.0 Å². The van der Waals surface area contributed by atoms with E-state index in [1.807, 2.05) is 54.8 Å². The van der Waals surface area contributed by atoms with Gasteiger partial charge in [0.15, 0.2) is 9.84 Å². The number of hydrogen-bond donors (Lipinski definition) is 1. The molecule has 1 N–H and O–H groups in total. The lowest BCUT2D eigenvalue weighted by atomic mass is 10.1. The fourth-order valence-electron chi connectivity index (χ4n) is 4.52. The zero-order valence-corrected chi connectivity index (χ0v) is 27.4. The van der Waals surface area contributed by atoms with Crippen molar-refractivity contribution in [3.8, 4) is 17.0 Å². The summed E-state index contributed by atoms with van der Waals surface area (Å²) in [6.07, 6.45) is 3.68. The zero-order chi connectivity index (χ0) is 30.9. The van der Waals surface area contributed by atoms with Crippen LogP contribution in [0.2, 0.25) is 0 Å². The maximum atomic E-state index is 13.5. The maximum absolute atomic E-state index is 13.5. The minimum absolute atomic E-state index is 0.0692. The second-order valence-corrected chi connectivity index (χ2v) is 14.2. The van der Waals surface area contributed by atoms with Crippen molar-refractivity contribution in [2.24, 2.45) is 0 Å². The second-order valence-electron chi connectivity index (χ2n) is 10.1. The van der Waals surface area contributed by atoms with Crippen molar-refractivity contribution in [1.29, 1.82) is 0 Å². The number of anilines is 2. The highest BCUT2D eigenvalue weighted by molar-refractivity contribution is 9.10. The predicted octanol–water partition coefficient (Wildman–Crippen LogP) is 7.75. The standard InChI is InChI=1S/C32H32BrFN4O4S2/c1-2-14-44(39,40)15-13-41-12-4-7-31-38-29(20-43-31)23-8-10-28-26(17-23)32(36-21-35-28)37-25-9-11-30(27(33)18-25)42-19-22-5-3-6-24(34)16-22/h3,5-6,8-11,16-18,20-21H,2,4,7,12-15,19H2,1H3,(H,35,36,37).